The quantitative estimate of drug-likeness (QED) is 0.843. The van der Waals surface area contributed by atoms with E-state index in [9.17, 15) is 4.79 Å². The number of pyridine rings is 1. The van der Waals surface area contributed by atoms with Crippen LogP contribution in [0.15, 0.2) is 18.3 Å². The van der Waals surface area contributed by atoms with Crippen molar-refractivity contribution in [2.24, 2.45) is 5.41 Å². The van der Waals surface area contributed by atoms with Gasteiger partial charge in [0.1, 0.15) is 6.10 Å². The number of carbonyl (C=O) groups excluding carboxylic acids is 1. The number of aromatic nitrogens is 1. The highest BCUT2D eigenvalue weighted by atomic mass is 16.5. The highest BCUT2D eigenvalue weighted by Crippen LogP contribution is 2.40. The summed E-state index contributed by atoms with van der Waals surface area (Å²) in [6, 6.07) is 4.12. The maximum absolute atomic E-state index is 13.0. The van der Waals surface area contributed by atoms with Gasteiger partial charge in [0.25, 0.3) is 0 Å². The second kappa shape index (κ2) is 6.60. The Balaban J connectivity index is 1.32. The Kier molecular flexibility index (Phi) is 4.44. The van der Waals surface area contributed by atoms with Gasteiger partial charge < -0.3 is 14.5 Å². The molecule has 1 aromatic rings. The van der Waals surface area contributed by atoms with Crippen LogP contribution in [0, 0.1) is 5.41 Å². The van der Waals surface area contributed by atoms with E-state index in [2.05, 4.69) is 29.9 Å². The van der Waals surface area contributed by atoms with Gasteiger partial charge in [-0.3, -0.25) is 4.79 Å². The summed E-state index contributed by atoms with van der Waals surface area (Å²) in [6.45, 7) is 5.64. The van der Waals surface area contributed by atoms with Crippen molar-refractivity contribution in [1.82, 2.24) is 14.8 Å². The normalized spacial score (nSPS) is 26.6. The number of amides is 1. The molecule has 1 saturated carbocycles. The Hall–Kier alpha value is -1.62. The van der Waals surface area contributed by atoms with Gasteiger partial charge in [-0.15, -0.1) is 0 Å². The second-order valence-electron chi connectivity index (χ2n) is 8.35. The van der Waals surface area contributed by atoms with Crippen molar-refractivity contribution >= 4 is 5.91 Å². The average molecular weight is 343 g/mol. The third-order valence-electron chi connectivity index (χ3n) is 6.13. The van der Waals surface area contributed by atoms with Gasteiger partial charge in [-0.05, 0) is 57.3 Å². The van der Waals surface area contributed by atoms with Crippen molar-refractivity contribution in [3.63, 3.8) is 0 Å². The van der Waals surface area contributed by atoms with E-state index in [1.165, 1.54) is 18.4 Å². The van der Waals surface area contributed by atoms with E-state index in [0.29, 0.717) is 18.3 Å². The van der Waals surface area contributed by atoms with Crippen LogP contribution in [0.3, 0.4) is 0 Å². The smallest absolute Gasteiger partial charge is 0.228 e. The molecule has 0 radical (unpaired) electrons. The van der Waals surface area contributed by atoms with E-state index >= 15 is 0 Å². The maximum Gasteiger partial charge on any atom is 0.228 e. The third-order valence-corrected chi connectivity index (χ3v) is 6.13. The van der Waals surface area contributed by atoms with Crippen molar-refractivity contribution < 1.29 is 9.53 Å². The minimum absolute atomic E-state index is 0.0677. The standard InChI is InChI=1S/C20H29N3O2/c1-20(8-11-22(2)12-9-20)19(24)23-10-7-17(14-23)25-18-6-5-16(13-21-18)15-3-4-15/h5-6,13,15,17H,3-4,7-12,14H2,1-2H3. The van der Waals surface area contributed by atoms with Gasteiger partial charge in [-0.2, -0.15) is 0 Å². The predicted octanol–water partition coefficient (Wildman–Crippen LogP) is 2.67. The molecule has 1 aliphatic carbocycles. The van der Waals surface area contributed by atoms with Gasteiger partial charge in [0.2, 0.25) is 11.8 Å². The van der Waals surface area contributed by atoms with Crippen molar-refractivity contribution in [1.29, 1.82) is 0 Å². The monoisotopic (exact) mass is 343 g/mol. The Labute approximate surface area is 150 Å². The molecule has 1 atom stereocenters. The highest BCUT2D eigenvalue weighted by Gasteiger charge is 2.41. The molecular weight excluding hydrogens is 314 g/mol. The summed E-state index contributed by atoms with van der Waals surface area (Å²) in [5, 5.41) is 0. The van der Waals surface area contributed by atoms with Crippen molar-refractivity contribution in [2.45, 2.75) is 51.0 Å². The SMILES string of the molecule is CN1CCC(C)(C(=O)N2CCC(Oc3ccc(C4CC4)cn3)C2)CC1. The lowest BCUT2D eigenvalue weighted by Crippen LogP contribution is -2.47. The van der Waals surface area contributed by atoms with Crippen LogP contribution in [0.1, 0.15) is 50.5 Å². The zero-order valence-corrected chi connectivity index (χ0v) is 15.4. The topological polar surface area (TPSA) is 45.7 Å². The molecule has 1 unspecified atom stereocenters. The van der Waals surface area contributed by atoms with Crippen LogP contribution in [0.4, 0.5) is 0 Å². The largest absolute Gasteiger partial charge is 0.472 e. The number of nitrogens with zero attached hydrogens (tertiary/aromatic N) is 3. The van der Waals surface area contributed by atoms with Crippen molar-refractivity contribution in [3.05, 3.63) is 23.9 Å². The summed E-state index contributed by atoms with van der Waals surface area (Å²) in [6.07, 6.45) is 7.39. The summed E-state index contributed by atoms with van der Waals surface area (Å²) >= 11 is 0. The summed E-state index contributed by atoms with van der Waals surface area (Å²) in [5.41, 5.74) is 1.12. The maximum atomic E-state index is 13.0. The predicted molar refractivity (Wildman–Crippen MR) is 96.7 cm³/mol. The molecule has 25 heavy (non-hydrogen) atoms. The van der Waals surface area contributed by atoms with E-state index in [-0.39, 0.29) is 11.5 Å². The van der Waals surface area contributed by atoms with Crippen LogP contribution >= 0.6 is 0 Å². The van der Waals surface area contributed by atoms with Gasteiger partial charge in [0.05, 0.1) is 6.54 Å². The molecule has 0 aromatic carbocycles. The van der Waals surface area contributed by atoms with Crippen LogP contribution in [-0.4, -0.2) is 60.0 Å². The molecule has 3 heterocycles. The molecule has 5 nitrogen and oxygen atoms in total. The fraction of sp³-hybridized carbons (Fsp3) is 0.700. The van der Waals surface area contributed by atoms with E-state index in [1.807, 2.05) is 17.2 Å². The lowest BCUT2D eigenvalue weighted by Gasteiger charge is -2.38. The molecule has 0 N–H and O–H groups in total. The van der Waals surface area contributed by atoms with Crippen molar-refractivity contribution in [3.8, 4) is 5.88 Å². The number of hydrogen-bond acceptors (Lipinski definition) is 4. The number of hydrogen-bond donors (Lipinski definition) is 0. The van der Waals surface area contributed by atoms with Crippen LogP contribution < -0.4 is 4.74 Å². The van der Waals surface area contributed by atoms with E-state index < -0.39 is 0 Å². The molecule has 2 saturated heterocycles. The lowest BCUT2D eigenvalue weighted by atomic mass is 9.79. The Morgan fingerprint density at radius 3 is 2.60 bits per heavy atom. The zero-order valence-electron chi connectivity index (χ0n) is 15.4. The van der Waals surface area contributed by atoms with Gasteiger partial charge in [-0.1, -0.05) is 13.0 Å². The number of rotatable bonds is 4. The lowest BCUT2D eigenvalue weighted by molar-refractivity contribution is -0.143. The summed E-state index contributed by atoms with van der Waals surface area (Å²) in [7, 11) is 2.13. The minimum Gasteiger partial charge on any atom is -0.472 e. The Bertz CT molecular complexity index is 618. The van der Waals surface area contributed by atoms with Crippen LogP contribution in [-0.2, 0) is 4.79 Å². The molecular formula is C20H29N3O2. The summed E-state index contributed by atoms with van der Waals surface area (Å²) < 4.78 is 6.03. The van der Waals surface area contributed by atoms with Gasteiger partial charge >= 0.3 is 0 Å². The van der Waals surface area contributed by atoms with E-state index in [0.717, 1.165) is 44.8 Å². The van der Waals surface area contributed by atoms with Crippen LogP contribution in [0.25, 0.3) is 0 Å². The minimum atomic E-state index is -0.203. The number of carbonyl (C=O) groups is 1. The molecule has 136 valence electrons. The van der Waals surface area contributed by atoms with E-state index in [4.69, 9.17) is 4.74 Å². The average Bonchev–Trinajstić information content (AvgIpc) is 3.37. The number of likely N-dealkylation sites (tertiary alicyclic amines) is 2. The Morgan fingerprint density at radius 1 is 1.20 bits per heavy atom. The second-order valence-corrected chi connectivity index (χ2v) is 8.35. The first kappa shape index (κ1) is 16.8. The number of ether oxygens (including phenoxy) is 1. The summed E-state index contributed by atoms with van der Waals surface area (Å²) in [4.78, 5) is 21.8. The first-order chi connectivity index (χ1) is 12.0. The molecule has 1 aromatic heterocycles. The molecule has 0 spiro atoms. The third kappa shape index (κ3) is 3.66. The van der Waals surface area contributed by atoms with Gasteiger partial charge in [0, 0.05) is 30.6 Å². The Morgan fingerprint density at radius 2 is 1.96 bits per heavy atom. The summed E-state index contributed by atoms with van der Waals surface area (Å²) in [5.74, 6) is 1.72. The molecule has 3 aliphatic rings. The van der Waals surface area contributed by atoms with E-state index in [1.54, 1.807) is 0 Å². The highest BCUT2D eigenvalue weighted by molar-refractivity contribution is 5.82. The molecule has 4 rings (SSSR count). The van der Waals surface area contributed by atoms with Crippen LogP contribution in [0.5, 0.6) is 5.88 Å². The van der Waals surface area contributed by atoms with Crippen LogP contribution in [0.2, 0.25) is 0 Å². The van der Waals surface area contributed by atoms with Gasteiger partial charge in [-0.25, -0.2) is 4.98 Å². The molecule has 2 aliphatic heterocycles. The molecule has 0 bridgehead atoms. The molecule has 3 fully saturated rings. The first-order valence-electron chi connectivity index (χ1n) is 9.64. The fourth-order valence-corrected chi connectivity index (χ4v) is 4.01. The zero-order chi connectivity index (χ0) is 17.4. The number of piperidine rings is 1. The van der Waals surface area contributed by atoms with Crippen molar-refractivity contribution in [2.75, 3.05) is 33.2 Å². The van der Waals surface area contributed by atoms with Gasteiger partial charge in [0.15, 0.2) is 0 Å². The fourth-order valence-electron chi connectivity index (χ4n) is 4.01. The first-order valence-corrected chi connectivity index (χ1v) is 9.64. The molecule has 5 heteroatoms. The molecule has 1 amide bonds.